The molecule has 0 spiro atoms. The maximum absolute atomic E-state index is 12.8. The normalized spacial score (nSPS) is 36.9. The molecule has 0 saturated heterocycles. The first-order valence-electron chi connectivity index (χ1n) is 15.6. The van der Waals surface area contributed by atoms with Crippen molar-refractivity contribution in [2.24, 2.45) is 46.3 Å². The quantitative estimate of drug-likeness (QED) is 0.206. The van der Waals surface area contributed by atoms with Gasteiger partial charge in [0.15, 0.2) is 0 Å². The molecule has 4 aliphatic carbocycles. The van der Waals surface area contributed by atoms with Gasteiger partial charge in [0, 0.05) is 12.0 Å². The smallest absolute Gasteiger partial charge is 0.338 e. The number of benzene rings is 1. The van der Waals surface area contributed by atoms with Crippen molar-refractivity contribution >= 4 is 5.97 Å². The molecule has 206 valence electrons. The van der Waals surface area contributed by atoms with Gasteiger partial charge in [-0.2, -0.15) is 0 Å². The van der Waals surface area contributed by atoms with E-state index in [1.54, 1.807) is 17.7 Å². The molecule has 0 amide bonds. The summed E-state index contributed by atoms with van der Waals surface area (Å²) in [6.07, 6.45) is 22.2. The lowest BCUT2D eigenvalue weighted by Gasteiger charge is -2.58. The Morgan fingerprint density at radius 3 is 2.50 bits per heavy atom. The minimum absolute atomic E-state index is 0.0120. The molecule has 0 radical (unpaired) electrons. The van der Waals surface area contributed by atoms with Crippen molar-refractivity contribution in [1.82, 2.24) is 0 Å². The molecule has 0 N–H and O–H groups in total. The molecule has 3 fully saturated rings. The van der Waals surface area contributed by atoms with Crippen LogP contribution in [0.4, 0.5) is 0 Å². The number of hydrogen-bond donors (Lipinski definition) is 0. The Balaban J connectivity index is 1.24. The molecule has 3 saturated carbocycles. The van der Waals surface area contributed by atoms with Gasteiger partial charge in [-0.3, -0.25) is 0 Å². The lowest BCUT2D eigenvalue weighted by atomic mass is 9.47. The summed E-state index contributed by atoms with van der Waals surface area (Å²) in [4.78, 5) is 12.8. The lowest BCUT2D eigenvalue weighted by molar-refractivity contribution is -0.0594. The van der Waals surface area contributed by atoms with Crippen LogP contribution in [0.15, 0.2) is 35.9 Å². The van der Waals surface area contributed by atoms with Crippen molar-refractivity contribution in [2.45, 2.75) is 111 Å². The Kier molecular flexibility index (Phi) is 7.88. The van der Waals surface area contributed by atoms with E-state index in [0.29, 0.717) is 11.0 Å². The Bertz CT molecular complexity index is 1070. The fraction of sp³-hybridized carbons (Fsp3) is 0.694. The van der Waals surface area contributed by atoms with Crippen LogP contribution in [0, 0.1) is 58.7 Å². The predicted molar refractivity (Wildman–Crippen MR) is 157 cm³/mol. The van der Waals surface area contributed by atoms with E-state index in [9.17, 15) is 4.79 Å². The zero-order valence-electron chi connectivity index (χ0n) is 24.6. The highest BCUT2D eigenvalue weighted by molar-refractivity contribution is 5.89. The molecule has 0 unspecified atom stereocenters. The number of fused-ring (bicyclic) bond motifs is 5. The maximum Gasteiger partial charge on any atom is 0.338 e. The summed E-state index contributed by atoms with van der Waals surface area (Å²) in [6, 6.07) is 7.20. The van der Waals surface area contributed by atoms with E-state index in [2.05, 4.69) is 46.6 Å². The standard InChI is InChI=1S/C36H50O2/c1-7-26-11-13-27(14-12-26)34(37)38-29-19-21-35(5)28(23-29)15-16-30-32-18-17-31(25(4)10-8-9-24(2)3)36(32,6)22-20-33(30)35/h1,11-15,24-25,29-33H,8-10,16-23H2,2-6H3/t25-,29+,30+,31-,32+,33+,35+,36-/m1/s1. The van der Waals surface area contributed by atoms with Crippen LogP contribution in [0.25, 0.3) is 0 Å². The van der Waals surface area contributed by atoms with E-state index < -0.39 is 0 Å². The van der Waals surface area contributed by atoms with Crippen LogP contribution in [0.5, 0.6) is 0 Å². The van der Waals surface area contributed by atoms with Crippen LogP contribution in [0.3, 0.4) is 0 Å². The Labute approximate surface area is 232 Å². The fourth-order valence-corrected chi connectivity index (χ4v) is 9.67. The predicted octanol–water partition coefficient (Wildman–Crippen LogP) is 9.23. The largest absolute Gasteiger partial charge is 0.458 e. The summed E-state index contributed by atoms with van der Waals surface area (Å²) in [5.74, 6) is 7.50. The van der Waals surface area contributed by atoms with Crippen LogP contribution >= 0.6 is 0 Å². The van der Waals surface area contributed by atoms with Crippen molar-refractivity contribution in [3.05, 3.63) is 47.0 Å². The molecular formula is C36H50O2. The van der Waals surface area contributed by atoms with E-state index in [1.807, 2.05) is 12.1 Å². The van der Waals surface area contributed by atoms with Crippen LogP contribution in [0.1, 0.15) is 121 Å². The molecule has 8 atom stereocenters. The molecular weight excluding hydrogens is 464 g/mol. The number of allylic oxidation sites excluding steroid dienone is 1. The number of esters is 1. The zero-order valence-corrected chi connectivity index (χ0v) is 24.6. The first kappa shape index (κ1) is 27.6. The monoisotopic (exact) mass is 514 g/mol. The van der Waals surface area contributed by atoms with E-state index in [1.165, 1.54) is 51.4 Å². The minimum atomic E-state index is -0.218. The van der Waals surface area contributed by atoms with Gasteiger partial charge in [-0.25, -0.2) is 4.79 Å². The number of rotatable bonds is 7. The first-order chi connectivity index (χ1) is 18.2. The van der Waals surface area contributed by atoms with Crippen molar-refractivity contribution in [3.8, 4) is 12.3 Å². The molecule has 0 aliphatic heterocycles. The topological polar surface area (TPSA) is 26.3 Å². The third kappa shape index (κ3) is 5.00. The van der Waals surface area contributed by atoms with Crippen LogP contribution in [-0.4, -0.2) is 12.1 Å². The Hall–Kier alpha value is -2.01. The van der Waals surface area contributed by atoms with Crippen molar-refractivity contribution in [3.63, 3.8) is 0 Å². The summed E-state index contributed by atoms with van der Waals surface area (Å²) in [5, 5.41) is 0. The lowest BCUT2D eigenvalue weighted by Crippen LogP contribution is -2.51. The van der Waals surface area contributed by atoms with Crippen molar-refractivity contribution in [2.75, 3.05) is 0 Å². The summed E-state index contributed by atoms with van der Waals surface area (Å²) in [6.45, 7) is 12.5. The van der Waals surface area contributed by atoms with E-state index in [0.717, 1.165) is 60.3 Å². The van der Waals surface area contributed by atoms with Crippen molar-refractivity contribution in [1.29, 1.82) is 0 Å². The highest BCUT2D eigenvalue weighted by Gasteiger charge is 2.59. The van der Waals surface area contributed by atoms with Gasteiger partial charge in [-0.1, -0.05) is 71.5 Å². The second kappa shape index (κ2) is 10.9. The SMILES string of the molecule is C#Cc1ccc(C(=O)O[C@H]2CC[C@@]3(C)C(=CC[C@H]4[C@@H]5CC[C@H]([C@H](C)CCCC(C)C)[C@@]5(C)CC[C@@H]43)C2)cc1. The van der Waals surface area contributed by atoms with Gasteiger partial charge in [-0.05, 0) is 116 Å². The van der Waals surface area contributed by atoms with E-state index in [4.69, 9.17) is 11.2 Å². The molecule has 4 aliphatic rings. The summed E-state index contributed by atoms with van der Waals surface area (Å²) >= 11 is 0. The van der Waals surface area contributed by atoms with Gasteiger partial charge in [0.2, 0.25) is 0 Å². The maximum atomic E-state index is 12.8. The van der Waals surface area contributed by atoms with E-state index in [-0.39, 0.29) is 17.5 Å². The minimum Gasteiger partial charge on any atom is -0.458 e. The molecule has 1 aromatic carbocycles. The van der Waals surface area contributed by atoms with Gasteiger partial charge in [0.25, 0.3) is 0 Å². The number of carbonyl (C=O) groups is 1. The Morgan fingerprint density at radius 2 is 1.79 bits per heavy atom. The average molecular weight is 515 g/mol. The molecule has 1 aromatic rings. The number of carbonyl (C=O) groups excluding carboxylic acids is 1. The molecule has 5 rings (SSSR count). The molecule has 0 bridgehead atoms. The summed E-state index contributed by atoms with van der Waals surface area (Å²) < 4.78 is 6.02. The number of hydrogen-bond acceptors (Lipinski definition) is 2. The number of ether oxygens (including phenoxy) is 1. The molecule has 0 aromatic heterocycles. The van der Waals surface area contributed by atoms with Gasteiger partial charge >= 0.3 is 5.97 Å². The van der Waals surface area contributed by atoms with Gasteiger partial charge in [-0.15, -0.1) is 6.42 Å². The third-order valence-electron chi connectivity index (χ3n) is 11.8. The van der Waals surface area contributed by atoms with Gasteiger partial charge in [0.05, 0.1) is 5.56 Å². The van der Waals surface area contributed by atoms with Crippen LogP contribution in [-0.2, 0) is 4.74 Å². The van der Waals surface area contributed by atoms with Crippen LogP contribution in [0.2, 0.25) is 0 Å². The van der Waals surface area contributed by atoms with Gasteiger partial charge in [0.1, 0.15) is 6.10 Å². The highest BCUT2D eigenvalue weighted by Crippen LogP contribution is 2.67. The highest BCUT2D eigenvalue weighted by atomic mass is 16.5. The molecule has 38 heavy (non-hydrogen) atoms. The Morgan fingerprint density at radius 1 is 1.03 bits per heavy atom. The zero-order chi connectivity index (χ0) is 27.1. The number of terminal acetylenes is 1. The molecule has 2 nitrogen and oxygen atoms in total. The van der Waals surface area contributed by atoms with Gasteiger partial charge < -0.3 is 4.74 Å². The first-order valence-corrected chi connectivity index (χ1v) is 15.6. The summed E-state index contributed by atoms with van der Waals surface area (Å²) in [5.41, 5.74) is 3.76. The average Bonchev–Trinajstić information content (AvgIpc) is 3.26. The van der Waals surface area contributed by atoms with Crippen LogP contribution < -0.4 is 0 Å². The van der Waals surface area contributed by atoms with E-state index >= 15 is 0 Å². The van der Waals surface area contributed by atoms with Crippen molar-refractivity contribution < 1.29 is 9.53 Å². The molecule has 0 heterocycles. The fourth-order valence-electron chi connectivity index (χ4n) is 9.67. The molecule has 2 heteroatoms. The summed E-state index contributed by atoms with van der Waals surface area (Å²) in [7, 11) is 0. The second-order valence-corrected chi connectivity index (χ2v) is 14.3. The third-order valence-corrected chi connectivity index (χ3v) is 11.8. The second-order valence-electron chi connectivity index (χ2n) is 14.3.